The Morgan fingerprint density at radius 1 is 1.50 bits per heavy atom. The average molecular weight is 255 g/mol. The monoisotopic (exact) mass is 255 g/mol. The summed E-state index contributed by atoms with van der Waals surface area (Å²) in [4.78, 5) is 0. The van der Waals surface area contributed by atoms with Crippen LogP contribution in [0.1, 0.15) is 19.8 Å². The highest BCUT2D eigenvalue weighted by Crippen LogP contribution is 2.28. The lowest BCUT2D eigenvalue weighted by molar-refractivity contribution is 0.0640. The minimum atomic E-state index is -0.272. The molecule has 0 amide bonds. The second kappa shape index (κ2) is 3.36. The standard InChI is InChI=1S/C7H14INO/c1-4-2-5(8)3-6(9)7(4)10/h4-7,10H,2-3,9H2,1H3/t4-,5+,6+,7+/m0/s1. The van der Waals surface area contributed by atoms with Crippen molar-refractivity contribution in [3.05, 3.63) is 0 Å². The highest BCUT2D eigenvalue weighted by atomic mass is 127. The molecular weight excluding hydrogens is 241 g/mol. The Morgan fingerprint density at radius 2 is 2.10 bits per heavy atom. The summed E-state index contributed by atoms with van der Waals surface area (Å²) >= 11 is 2.41. The highest BCUT2D eigenvalue weighted by molar-refractivity contribution is 14.1. The molecule has 0 aromatic carbocycles. The van der Waals surface area contributed by atoms with E-state index in [9.17, 15) is 5.11 Å². The molecule has 0 aliphatic heterocycles. The largest absolute Gasteiger partial charge is 0.391 e. The molecule has 10 heavy (non-hydrogen) atoms. The Bertz CT molecular complexity index is 108. The van der Waals surface area contributed by atoms with E-state index >= 15 is 0 Å². The molecule has 0 spiro atoms. The van der Waals surface area contributed by atoms with Crippen molar-refractivity contribution in [1.82, 2.24) is 0 Å². The summed E-state index contributed by atoms with van der Waals surface area (Å²) in [5, 5.41) is 9.44. The zero-order valence-corrected chi connectivity index (χ0v) is 8.28. The van der Waals surface area contributed by atoms with Crippen LogP contribution in [-0.4, -0.2) is 21.2 Å². The van der Waals surface area contributed by atoms with Crippen molar-refractivity contribution in [2.24, 2.45) is 11.7 Å². The van der Waals surface area contributed by atoms with E-state index in [1.54, 1.807) is 0 Å². The van der Waals surface area contributed by atoms with Gasteiger partial charge in [-0.05, 0) is 18.8 Å². The number of nitrogens with two attached hydrogens (primary N) is 1. The fourth-order valence-electron chi connectivity index (χ4n) is 1.50. The van der Waals surface area contributed by atoms with Crippen LogP contribution < -0.4 is 5.73 Å². The van der Waals surface area contributed by atoms with Crippen molar-refractivity contribution < 1.29 is 5.11 Å². The van der Waals surface area contributed by atoms with E-state index in [-0.39, 0.29) is 12.1 Å². The van der Waals surface area contributed by atoms with Crippen LogP contribution in [0.25, 0.3) is 0 Å². The van der Waals surface area contributed by atoms with Crippen LogP contribution in [0.15, 0.2) is 0 Å². The number of aliphatic hydroxyl groups excluding tert-OH is 1. The van der Waals surface area contributed by atoms with E-state index in [1.807, 2.05) is 0 Å². The van der Waals surface area contributed by atoms with E-state index in [4.69, 9.17) is 5.73 Å². The van der Waals surface area contributed by atoms with Gasteiger partial charge in [-0.1, -0.05) is 29.5 Å². The summed E-state index contributed by atoms with van der Waals surface area (Å²) in [7, 11) is 0. The number of hydrogen-bond acceptors (Lipinski definition) is 2. The molecule has 0 aromatic rings. The van der Waals surface area contributed by atoms with E-state index < -0.39 is 0 Å². The Hall–Kier alpha value is 0.650. The first-order valence-electron chi connectivity index (χ1n) is 3.69. The third-order valence-electron chi connectivity index (χ3n) is 2.18. The lowest BCUT2D eigenvalue weighted by Gasteiger charge is -2.33. The minimum Gasteiger partial charge on any atom is -0.391 e. The van der Waals surface area contributed by atoms with E-state index in [0.717, 1.165) is 12.8 Å². The summed E-state index contributed by atoms with van der Waals surface area (Å²) in [6.07, 6.45) is 1.80. The smallest absolute Gasteiger partial charge is 0.0717 e. The SMILES string of the molecule is C[C@H]1C[C@@H](I)C[C@@H](N)[C@@H]1O. The molecule has 0 radical (unpaired) electrons. The van der Waals surface area contributed by atoms with Gasteiger partial charge in [-0.3, -0.25) is 0 Å². The quantitative estimate of drug-likeness (QED) is 0.499. The van der Waals surface area contributed by atoms with Crippen LogP contribution in [0.5, 0.6) is 0 Å². The maximum Gasteiger partial charge on any atom is 0.0717 e. The van der Waals surface area contributed by atoms with Crippen LogP contribution in [0.2, 0.25) is 0 Å². The Balaban J connectivity index is 2.49. The van der Waals surface area contributed by atoms with Crippen molar-refractivity contribution in [1.29, 1.82) is 0 Å². The summed E-state index contributed by atoms with van der Waals surface area (Å²) < 4.78 is 0.658. The number of alkyl halides is 1. The van der Waals surface area contributed by atoms with Crippen molar-refractivity contribution in [3.8, 4) is 0 Å². The molecule has 0 saturated heterocycles. The molecule has 3 N–H and O–H groups in total. The summed E-state index contributed by atoms with van der Waals surface area (Å²) in [6, 6.07) is 0.00523. The maximum absolute atomic E-state index is 9.44. The first-order chi connectivity index (χ1) is 4.61. The molecule has 1 aliphatic rings. The number of hydrogen-bond donors (Lipinski definition) is 2. The second-order valence-electron chi connectivity index (χ2n) is 3.20. The van der Waals surface area contributed by atoms with Crippen molar-refractivity contribution in [2.75, 3.05) is 0 Å². The van der Waals surface area contributed by atoms with Gasteiger partial charge in [-0.15, -0.1) is 0 Å². The maximum atomic E-state index is 9.44. The van der Waals surface area contributed by atoms with Crippen LogP contribution in [-0.2, 0) is 0 Å². The molecule has 3 heteroatoms. The number of rotatable bonds is 0. The molecule has 2 nitrogen and oxygen atoms in total. The zero-order valence-electron chi connectivity index (χ0n) is 6.13. The predicted molar refractivity (Wildman–Crippen MR) is 50.2 cm³/mol. The first kappa shape index (κ1) is 8.74. The van der Waals surface area contributed by atoms with Crippen LogP contribution in [0, 0.1) is 5.92 Å². The zero-order chi connectivity index (χ0) is 7.72. The van der Waals surface area contributed by atoms with Gasteiger partial charge in [0.25, 0.3) is 0 Å². The summed E-state index contributed by atoms with van der Waals surface area (Å²) in [6.45, 7) is 2.06. The Labute approximate surface area is 75.3 Å². The van der Waals surface area contributed by atoms with Gasteiger partial charge in [-0.25, -0.2) is 0 Å². The molecule has 0 heterocycles. The first-order valence-corrected chi connectivity index (χ1v) is 4.93. The van der Waals surface area contributed by atoms with Crippen molar-refractivity contribution in [2.45, 2.75) is 35.8 Å². The molecular formula is C7H14INO. The number of aliphatic hydroxyl groups is 1. The topological polar surface area (TPSA) is 46.2 Å². The van der Waals surface area contributed by atoms with Crippen LogP contribution >= 0.6 is 22.6 Å². The van der Waals surface area contributed by atoms with Gasteiger partial charge in [0.2, 0.25) is 0 Å². The van der Waals surface area contributed by atoms with Gasteiger partial charge >= 0.3 is 0 Å². The molecule has 0 aromatic heterocycles. The Kier molecular flexibility index (Phi) is 2.94. The molecule has 0 bridgehead atoms. The van der Waals surface area contributed by atoms with E-state index in [0.29, 0.717) is 9.84 Å². The lowest BCUT2D eigenvalue weighted by Crippen LogP contribution is -2.45. The fraction of sp³-hybridized carbons (Fsp3) is 1.00. The number of halogens is 1. The van der Waals surface area contributed by atoms with Gasteiger partial charge in [0.15, 0.2) is 0 Å². The molecule has 1 rings (SSSR count). The molecule has 60 valence electrons. The third kappa shape index (κ3) is 1.83. The molecule has 1 aliphatic carbocycles. The lowest BCUT2D eigenvalue weighted by atomic mass is 9.85. The minimum absolute atomic E-state index is 0.00523. The van der Waals surface area contributed by atoms with Gasteiger partial charge in [-0.2, -0.15) is 0 Å². The molecule has 1 saturated carbocycles. The van der Waals surface area contributed by atoms with Gasteiger partial charge in [0.05, 0.1) is 6.10 Å². The average Bonchev–Trinajstić information content (AvgIpc) is 1.82. The third-order valence-corrected chi connectivity index (χ3v) is 3.19. The normalized spacial score (nSPS) is 49.2. The van der Waals surface area contributed by atoms with Gasteiger partial charge in [0.1, 0.15) is 0 Å². The fourth-order valence-corrected chi connectivity index (χ4v) is 2.89. The van der Waals surface area contributed by atoms with Crippen molar-refractivity contribution >= 4 is 22.6 Å². The Morgan fingerprint density at radius 3 is 2.60 bits per heavy atom. The second-order valence-corrected chi connectivity index (χ2v) is 4.96. The molecule has 4 atom stereocenters. The van der Waals surface area contributed by atoms with Crippen molar-refractivity contribution in [3.63, 3.8) is 0 Å². The summed E-state index contributed by atoms with van der Waals surface area (Å²) in [5.41, 5.74) is 5.70. The highest BCUT2D eigenvalue weighted by Gasteiger charge is 2.30. The van der Waals surface area contributed by atoms with Gasteiger partial charge in [0, 0.05) is 9.97 Å². The molecule has 1 fully saturated rings. The predicted octanol–water partition coefficient (Wildman–Crippen LogP) is 0.908. The van der Waals surface area contributed by atoms with Crippen LogP contribution in [0.3, 0.4) is 0 Å². The molecule has 0 unspecified atom stereocenters. The summed E-state index contributed by atoms with van der Waals surface area (Å²) in [5.74, 6) is 0.380. The van der Waals surface area contributed by atoms with Crippen LogP contribution in [0.4, 0.5) is 0 Å². The van der Waals surface area contributed by atoms with E-state index in [2.05, 4.69) is 29.5 Å². The van der Waals surface area contributed by atoms with E-state index in [1.165, 1.54) is 0 Å². The van der Waals surface area contributed by atoms with Gasteiger partial charge < -0.3 is 10.8 Å².